The van der Waals surface area contributed by atoms with E-state index < -0.39 is 5.60 Å². The fraction of sp³-hybridized carbons (Fsp3) is 0.600. The summed E-state index contributed by atoms with van der Waals surface area (Å²) in [6.45, 7) is 0. The second-order valence-corrected chi connectivity index (χ2v) is 9.10. The van der Waals surface area contributed by atoms with Crippen LogP contribution in [0.25, 0.3) is 11.0 Å². The van der Waals surface area contributed by atoms with Crippen LogP contribution in [0.1, 0.15) is 44.1 Å². The number of rotatable bonds is 5. The lowest BCUT2D eigenvalue weighted by Gasteiger charge is -2.33. The average Bonchev–Trinajstić information content (AvgIpc) is 3.25. The van der Waals surface area contributed by atoms with E-state index in [4.69, 9.17) is 5.10 Å². The number of hydrogen-bond acceptors (Lipinski definition) is 5. The summed E-state index contributed by atoms with van der Waals surface area (Å²) in [7, 11) is 1.14. The summed E-state index contributed by atoms with van der Waals surface area (Å²) in [5.74, 6) is 1.65. The Balaban J connectivity index is 1.52. The van der Waals surface area contributed by atoms with Crippen LogP contribution in [-0.2, 0) is 0 Å². The number of nitrogens with zero attached hydrogens (tertiary/aromatic N) is 2. The monoisotopic (exact) mass is 363 g/mol. The highest BCUT2D eigenvalue weighted by Gasteiger charge is 2.63. The van der Waals surface area contributed by atoms with Crippen molar-refractivity contribution in [2.75, 3.05) is 0 Å². The molecule has 2 aromatic rings. The van der Waals surface area contributed by atoms with Crippen LogP contribution < -0.4 is 10.9 Å². The minimum atomic E-state index is -0.522. The molecule has 0 aromatic carbocycles. The van der Waals surface area contributed by atoms with E-state index in [1.165, 1.54) is 6.42 Å². The van der Waals surface area contributed by atoms with E-state index in [-0.39, 0.29) is 11.8 Å². The van der Waals surface area contributed by atoms with Crippen LogP contribution in [0.15, 0.2) is 23.6 Å². The summed E-state index contributed by atoms with van der Waals surface area (Å²) in [6, 6.07) is 2.47. The zero-order valence-electron chi connectivity index (χ0n) is 15.2. The smallest absolute Gasteiger partial charge is 0.329 e. The Labute approximate surface area is 158 Å². The molecule has 5 saturated carbocycles. The van der Waals surface area contributed by atoms with E-state index in [1.807, 2.05) is 12.3 Å². The lowest BCUT2D eigenvalue weighted by Crippen LogP contribution is -2.37. The van der Waals surface area contributed by atoms with E-state index in [9.17, 15) is 10.1 Å². The zero-order chi connectivity index (χ0) is 18.2. The van der Waals surface area contributed by atoms with E-state index in [1.54, 1.807) is 6.20 Å². The van der Waals surface area contributed by atoms with Gasteiger partial charge < -0.3 is 20.5 Å². The summed E-state index contributed by atoms with van der Waals surface area (Å²) in [5.41, 5.74) is 6.29. The van der Waals surface area contributed by atoms with Crippen molar-refractivity contribution in [1.29, 1.82) is 0 Å². The molecule has 4 bridgehead atoms. The summed E-state index contributed by atoms with van der Waals surface area (Å²) in [4.78, 5) is 7.60. The molecular weight excluding hydrogens is 339 g/mol. The van der Waals surface area contributed by atoms with Crippen molar-refractivity contribution in [2.45, 2.75) is 50.2 Å². The molecule has 139 valence electrons. The van der Waals surface area contributed by atoms with Gasteiger partial charge in [0.2, 0.25) is 0 Å². The van der Waals surface area contributed by atoms with Gasteiger partial charge in [0, 0.05) is 35.3 Å². The molecule has 5 atom stereocenters. The third-order valence-electron chi connectivity index (χ3n) is 7.38. The number of H-pyrrole nitrogens is 1. The van der Waals surface area contributed by atoms with Gasteiger partial charge in [0.1, 0.15) is 5.65 Å². The SMILES string of the molecule is O[B]c1cnc2[nH]ccc2c1/C(=N\NC1CC1)C1C2CC3CC1C(O)(C3)C2. The molecule has 27 heavy (non-hydrogen) atoms. The molecule has 2 heterocycles. The number of hydrogen-bond donors (Lipinski definition) is 4. The minimum absolute atomic E-state index is 0.235. The van der Waals surface area contributed by atoms with Crippen LogP contribution in [0, 0.1) is 23.7 Å². The first-order valence-corrected chi connectivity index (χ1v) is 10.2. The average molecular weight is 363 g/mol. The van der Waals surface area contributed by atoms with Crippen molar-refractivity contribution in [3.05, 3.63) is 24.0 Å². The highest BCUT2D eigenvalue weighted by molar-refractivity contribution is 6.49. The molecular formula is C20H24BN4O2. The Morgan fingerprint density at radius 2 is 2.22 bits per heavy atom. The molecule has 0 spiro atoms. The van der Waals surface area contributed by atoms with Crippen molar-refractivity contribution < 1.29 is 10.1 Å². The lowest BCUT2D eigenvalue weighted by atomic mass is 9.70. The first-order valence-electron chi connectivity index (χ1n) is 10.2. The Hall–Kier alpha value is -1.86. The van der Waals surface area contributed by atoms with Gasteiger partial charge in [0.25, 0.3) is 0 Å². The van der Waals surface area contributed by atoms with Crippen molar-refractivity contribution in [2.24, 2.45) is 28.8 Å². The summed E-state index contributed by atoms with van der Waals surface area (Å²) in [6.07, 6.45) is 10.0. The van der Waals surface area contributed by atoms with Gasteiger partial charge in [-0.25, -0.2) is 4.98 Å². The number of nitrogens with one attached hydrogen (secondary N) is 2. The van der Waals surface area contributed by atoms with Crippen LogP contribution in [-0.4, -0.2) is 44.9 Å². The van der Waals surface area contributed by atoms with Crippen molar-refractivity contribution in [3.63, 3.8) is 0 Å². The third-order valence-corrected chi connectivity index (χ3v) is 7.38. The van der Waals surface area contributed by atoms with E-state index in [0.29, 0.717) is 23.3 Å². The molecule has 0 aliphatic heterocycles. The predicted molar refractivity (Wildman–Crippen MR) is 104 cm³/mol. The quantitative estimate of drug-likeness (QED) is 0.363. The maximum Gasteiger partial charge on any atom is 0.329 e. The third kappa shape index (κ3) is 2.34. The number of fused-ring (bicyclic) bond motifs is 1. The van der Waals surface area contributed by atoms with Gasteiger partial charge in [-0.2, -0.15) is 5.10 Å². The maximum atomic E-state index is 11.2. The van der Waals surface area contributed by atoms with Gasteiger partial charge in [0.15, 0.2) is 0 Å². The summed E-state index contributed by atoms with van der Waals surface area (Å²) >= 11 is 0. The molecule has 6 nitrogen and oxygen atoms in total. The molecule has 5 aliphatic rings. The minimum Gasteiger partial charge on any atom is -0.450 e. The Morgan fingerprint density at radius 3 is 3.00 bits per heavy atom. The lowest BCUT2D eigenvalue weighted by molar-refractivity contribution is 0.00919. The molecule has 5 aliphatic carbocycles. The molecule has 2 aromatic heterocycles. The number of hydrazone groups is 1. The largest absolute Gasteiger partial charge is 0.450 e. The van der Waals surface area contributed by atoms with Crippen LogP contribution >= 0.6 is 0 Å². The zero-order valence-corrected chi connectivity index (χ0v) is 15.2. The molecule has 0 amide bonds. The summed E-state index contributed by atoms with van der Waals surface area (Å²) < 4.78 is 0. The maximum absolute atomic E-state index is 11.2. The van der Waals surface area contributed by atoms with Gasteiger partial charge in [-0.1, -0.05) is 0 Å². The van der Waals surface area contributed by atoms with E-state index in [0.717, 1.165) is 61.9 Å². The van der Waals surface area contributed by atoms with Crippen LogP contribution in [0.4, 0.5) is 0 Å². The van der Waals surface area contributed by atoms with Crippen molar-refractivity contribution in [1.82, 2.24) is 15.4 Å². The van der Waals surface area contributed by atoms with Crippen molar-refractivity contribution >= 4 is 29.7 Å². The first-order chi connectivity index (χ1) is 13.2. The Bertz CT molecular complexity index is 939. The van der Waals surface area contributed by atoms with Crippen LogP contribution in [0.3, 0.4) is 0 Å². The predicted octanol–water partition coefficient (Wildman–Crippen LogP) is 1.05. The van der Waals surface area contributed by atoms with E-state index >= 15 is 0 Å². The first kappa shape index (κ1) is 16.1. The van der Waals surface area contributed by atoms with Gasteiger partial charge in [-0.15, -0.1) is 0 Å². The molecule has 1 radical (unpaired) electrons. The second kappa shape index (κ2) is 5.58. The van der Waals surface area contributed by atoms with Gasteiger partial charge in [-0.3, -0.25) is 0 Å². The standard InChI is InChI=1S/C20H24BN4O2/c26-20-7-10-5-11(8-20)16(14(20)6-10)18(25-24-12-1-2-12)17-13-3-4-22-19(13)23-9-15(17)21-27/h3-4,9-12,14,16,24,26-27H,1-2,5-8H2,(H,22,23)/b25-18-. The molecule has 5 fully saturated rings. The number of pyridine rings is 1. The number of aromatic amines is 1. The second-order valence-electron chi connectivity index (χ2n) is 9.10. The van der Waals surface area contributed by atoms with Crippen LogP contribution in [0.5, 0.6) is 0 Å². The summed E-state index contributed by atoms with van der Waals surface area (Å²) in [5, 5.41) is 27.1. The molecule has 5 unspecified atom stereocenters. The normalized spacial score (nSPS) is 37.3. The number of aromatic nitrogens is 2. The van der Waals surface area contributed by atoms with Gasteiger partial charge in [-0.05, 0) is 67.8 Å². The fourth-order valence-electron chi connectivity index (χ4n) is 6.27. The van der Waals surface area contributed by atoms with Gasteiger partial charge in [0.05, 0.1) is 11.3 Å². The van der Waals surface area contributed by atoms with E-state index in [2.05, 4.69) is 15.4 Å². The topological polar surface area (TPSA) is 93.5 Å². The number of aliphatic hydroxyl groups is 1. The highest BCUT2D eigenvalue weighted by atomic mass is 16.3. The molecule has 7 heteroatoms. The fourth-order valence-corrected chi connectivity index (χ4v) is 6.27. The molecule has 7 rings (SSSR count). The molecule has 4 N–H and O–H groups in total. The van der Waals surface area contributed by atoms with Crippen LogP contribution in [0.2, 0.25) is 0 Å². The van der Waals surface area contributed by atoms with Gasteiger partial charge >= 0.3 is 7.48 Å². The Kier molecular flexibility index (Phi) is 3.33. The van der Waals surface area contributed by atoms with Crippen molar-refractivity contribution in [3.8, 4) is 0 Å². The Morgan fingerprint density at radius 1 is 1.33 bits per heavy atom. The molecule has 0 saturated heterocycles. The highest BCUT2D eigenvalue weighted by Crippen LogP contribution is 2.63.